The Morgan fingerprint density at radius 1 is 1.06 bits per heavy atom. The number of aromatic nitrogens is 3. The Kier molecular flexibility index (Phi) is 7.43. The van der Waals surface area contributed by atoms with Gasteiger partial charge in [0.25, 0.3) is 11.8 Å². The number of piperidine rings is 1. The fourth-order valence-electron chi connectivity index (χ4n) is 3.57. The van der Waals surface area contributed by atoms with E-state index >= 15 is 0 Å². The Bertz CT molecular complexity index is 1140. The third-order valence-corrected chi connectivity index (χ3v) is 6.38. The quantitative estimate of drug-likeness (QED) is 0.532. The molecule has 4 rings (SSSR count). The van der Waals surface area contributed by atoms with Crippen molar-refractivity contribution in [1.29, 1.82) is 0 Å². The molecular formula is C23H24N6O4S. The van der Waals surface area contributed by atoms with E-state index < -0.39 is 5.91 Å². The van der Waals surface area contributed by atoms with E-state index in [9.17, 15) is 14.4 Å². The number of anilines is 1. The number of likely N-dealkylation sites (tertiary alicyclic amines) is 1. The Hall–Kier alpha value is -3.86. The number of hydrogen-bond acceptors (Lipinski definition) is 8. The van der Waals surface area contributed by atoms with Gasteiger partial charge in [0.1, 0.15) is 5.75 Å². The first-order chi connectivity index (χ1) is 16.5. The molecule has 1 saturated heterocycles. The summed E-state index contributed by atoms with van der Waals surface area (Å²) in [5, 5.41) is 13.7. The first-order valence-electron chi connectivity index (χ1n) is 10.8. The number of nitrogens with one attached hydrogen (secondary N) is 2. The van der Waals surface area contributed by atoms with Crippen molar-refractivity contribution >= 4 is 34.7 Å². The van der Waals surface area contributed by atoms with Crippen molar-refractivity contribution in [3.63, 3.8) is 0 Å². The molecule has 0 atom stereocenters. The van der Waals surface area contributed by atoms with Crippen LogP contribution in [0.1, 0.15) is 38.1 Å². The lowest BCUT2D eigenvalue weighted by Gasteiger charge is -2.30. The summed E-state index contributed by atoms with van der Waals surface area (Å²) in [7, 11) is 1.56. The molecule has 11 heteroatoms. The molecule has 10 nitrogen and oxygen atoms in total. The van der Waals surface area contributed by atoms with Crippen molar-refractivity contribution in [3.8, 4) is 5.75 Å². The van der Waals surface area contributed by atoms with Crippen LogP contribution in [-0.4, -0.2) is 58.0 Å². The number of benzene rings is 1. The number of carbonyl (C=O) groups is 3. The van der Waals surface area contributed by atoms with Crippen molar-refractivity contribution in [1.82, 2.24) is 25.4 Å². The Balaban J connectivity index is 1.27. The number of ether oxygens (including phenoxy) is 1. The van der Waals surface area contributed by atoms with Crippen LogP contribution in [0.15, 0.2) is 48.7 Å². The Morgan fingerprint density at radius 2 is 1.79 bits per heavy atom. The maximum Gasteiger partial charge on any atom is 0.286 e. The van der Waals surface area contributed by atoms with E-state index in [-0.39, 0.29) is 27.7 Å². The fraction of sp³-hybridized carbons (Fsp3) is 0.304. The summed E-state index contributed by atoms with van der Waals surface area (Å²) in [5.41, 5.74) is 1.38. The van der Waals surface area contributed by atoms with Crippen molar-refractivity contribution in [2.24, 2.45) is 5.92 Å². The second kappa shape index (κ2) is 10.8. The highest BCUT2D eigenvalue weighted by Crippen LogP contribution is 2.22. The number of nitrogens with zero attached hydrogens (tertiary/aromatic N) is 4. The van der Waals surface area contributed by atoms with E-state index in [0.29, 0.717) is 43.9 Å². The molecule has 1 fully saturated rings. The average Bonchev–Trinajstić information content (AvgIpc) is 3.39. The zero-order chi connectivity index (χ0) is 23.9. The van der Waals surface area contributed by atoms with Gasteiger partial charge in [-0.15, -0.1) is 10.2 Å². The molecule has 2 N–H and O–H groups in total. The summed E-state index contributed by atoms with van der Waals surface area (Å²) < 4.78 is 5.10. The monoisotopic (exact) mass is 480 g/mol. The summed E-state index contributed by atoms with van der Waals surface area (Å²) in [5.74, 6) is -0.242. The van der Waals surface area contributed by atoms with Crippen LogP contribution in [0, 0.1) is 5.92 Å². The first-order valence-corrected chi connectivity index (χ1v) is 11.6. The highest BCUT2D eigenvalue weighted by molar-refractivity contribution is 7.15. The number of hydrogen-bond donors (Lipinski definition) is 2. The van der Waals surface area contributed by atoms with Gasteiger partial charge in [-0.2, -0.15) is 0 Å². The smallest absolute Gasteiger partial charge is 0.286 e. The van der Waals surface area contributed by atoms with Gasteiger partial charge in [-0.3, -0.25) is 19.4 Å². The molecule has 0 spiro atoms. The van der Waals surface area contributed by atoms with Gasteiger partial charge in [0.15, 0.2) is 0 Å². The van der Waals surface area contributed by atoms with Crippen LogP contribution in [0.3, 0.4) is 0 Å². The van der Waals surface area contributed by atoms with Crippen LogP contribution < -0.4 is 15.4 Å². The molecule has 3 aromatic rings. The van der Waals surface area contributed by atoms with E-state index in [1.165, 1.54) is 0 Å². The van der Waals surface area contributed by atoms with Gasteiger partial charge in [-0.05, 0) is 49.2 Å². The number of amides is 3. The summed E-state index contributed by atoms with van der Waals surface area (Å²) in [6.07, 6.45) is 2.81. The second-order valence-electron chi connectivity index (χ2n) is 7.70. The van der Waals surface area contributed by atoms with Crippen molar-refractivity contribution < 1.29 is 19.1 Å². The van der Waals surface area contributed by atoms with Gasteiger partial charge in [-0.1, -0.05) is 17.4 Å². The number of pyridine rings is 1. The standard InChI is InChI=1S/C23H24N6O4S/c1-33-18-7-5-16(6-8-18)26-20(31)21-27-28-22(34-21)23(32)29-12-9-15(10-13-29)19(30)25-14-17-4-2-3-11-24-17/h2-8,11,15H,9-10,12-14H2,1H3,(H,25,30)(H,26,31). The third kappa shape index (κ3) is 5.73. The molecule has 1 aliphatic heterocycles. The summed E-state index contributed by atoms with van der Waals surface area (Å²) in [6, 6.07) is 12.4. The molecule has 0 unspecified atom stereocenters. The van der Waals surface area contributed by atoms with Gasteiger partial charge in [0, 0.05) is 30.9 Å². The maximum atomic E-state index is 12.8. The third-order valence-electron chi connectivity index (χ3n) is 5.47. The zero-order valence-electron chi connectivity index (χ0n) is 18.6. The van der Waals surface area contributed by atoms with E-state index in [2.05, 4.69) is 25.8 Å². The largest absolute Gasteiger partial charge is 0.497 e. The Labute approximate surface area is 200 Å². The van der Waals surface area contributed by atoms with E-state index in [1.54, 1.807) is 42.5 Å². The molecule has 176 valence electrons. The molecule has 0 aliphatic carbocycles. The topological polar surface area (TPSA) is 126 Å². The predicted molar refractivity (Wildman–Crippen MR) is 126 cm³/mol. The fourth-order valence-corrected chi connectivity index (χ4v) is 4.27. The average molecular weight is 481 g/mol. The van der Waals surface area contributed by atoms with Crippen LogP contribution >= 0.6 is 11.3 Å². The molecule has 3 amide bonds. The molecule has 2 aromatic heterocycles. The van der Waals surface area contributed by atoms with Crippen LogP contribution in [0.25, 0.3) is 0 Å². The molecule has 1 aromatic carbocycles. The molecule has 0 saturated carbocycles. The van der Waals surface area contributed by atoms with Crippen LogP contribution in [0.4, 0.5) is 5.69 Å². The molecule has 0 bridgehead atoms. The molecule has 34 heavy (non-hydrogen) atoms. The van der Waals surface area contributed by atoms with Gasteiger partial charge in [0.05, 0.1) is 19.3 Å². The minimum atomic E-state index is -0.440. The van der Waals surface area contributed by atoms with Crippen molar-refractivity contribution in [2.75, 3.05) is 25.5 Å². The summed E-state index contributed by atoms with van der Waals surface area (Å²) in [6.45, 7) is 1.26. The predicted octanol–water partition coefficient (Wildman–Crippen LogP) is 2.36. The summed E-state index contributed by atoms with van der Waals surface area (Å²) in [4.78, 5) is 43.6. The minimum absolute atomic E-state index is 0.0360. The lowest BCUT2D eigenvalue weighted by Crippen LogP contribution is -2.43. The van der Waals surface area contributed by atoms with E-state index in [1.807, 2.05) is 18.2 Å². The normalized spacial score (nSPS) is 13.9. The van der Waals surface area contributed by atoms with Crippen LogP contribution in [-0.2, 0) is 11.3 Å². The van der Waals surface area contributed by atoms with Crippen molar-refractivity contribution in [3.05, 3.63) is 64.4 Å². The number of methoxy groups -OCH3 is 1. The zero-order valence-corrected chi connectivity index (χ0v) is 19.4. The minimum Gasteiger partial charge on any atom is -0.497 e. The van der Waals surface area contributed by atoms with Gasteiger partial charge in [0.2, 0.25) is 15.9 Å². The van der Waals surface area contributed by atoms with Crippen LogP contribution in [0.2, 0.25) is 0 Å². The number of rotatable bonds is 7. The highest BCUT2D eigenvalue weighted by atomic mass is 32.1. The highest BCUT2D eigenvalue weighted by Gasteiger charge is 2.29. The van der Waals surface area contributed by atoms with Crippen molar-refractivity contribution in [2.45, 2.75) is 19.4 Å². The lowest BCUT2D eigenvalue weighted by atomic mass is 9.96. The lowest BCUT2D eigenvalue weighted by molar-refractivity contribution is -0.126. The van der Waals surface area contributed by atoms with E-state index in [4.69, 9.17) is 4.74 Å². The molecular weight excluding hydrogens is 456 g/mol. The molecule has 1 aliphatic rings. The van der Waals surface area contributed by atoms with Gasteiger partial charge < -0.3 is 20.3 Å². The first kappa shape index (κ1) is 23.3. The maximum absolute atomic E-state index is 12.8. The molecule has 3 heterocycles. The Morgan fingerprint density at radius 3 is 2.47 bits per heavy atom. The second-order valence-corrected chi connectivity index (χ2v) is 8.68. The SMILES string of the molecule is COc1ccc(NC(=O)c2nnc(C(=O)N3CCC(C(=O)NCc4ccccn4)CC3)s2)cc1. The van der Waals surface area contributed by atoms with Crippen LogP contribution in [0.5, 0.6) is 5.75 Å². The number of carbonyl (C=O) groups excluding carboxylic acids is 3. The molecule has 0 radical (unpaired) electrons. The summed E-state index contributed by atoms with van der Waals surface area (Å²) >= 11 is 0.946. The van der Waals surface area contributed by atoms with Gasteiger partial charge in [-0.25, -0.2) is 0 Å². The van der Waals surface area contributed by atoms with E-state index in [0.717, 1.165) is 17.0 Å². The van der Waals surface area contributed by atoms with Gasteiger partial charge >= 0.3 is 0 Å².